The Balaban J connectivity index is 0.00000272. The van der Waals surface area contributed by atoms with E-state index < -0.39 is 17.4 Å². The van der Waals surface area contributed by atoms with Crippen LogP contribution in [0.25, 0.3) is 0 Å². The number of hydrogen-bond donors (Lipinski definition) is 0. The molecule has 2 fully saturated rings. The standard InChI is InChI=1S/C22H29N3O5.BrH/c1-21(2,3)30-20(28)24-11-9-22(15-24)13-23(14-22)10-6-12-29-25-18(26)16-7-4-5-8-17(16)19(25)27;/h4-5,7-8H,6,9-15H2,1-3H3;1H. The molecular weight excluding hydrogens is 466 g/mol. The Kier molecular flexibility index (Phi) is 6.78. The summed E-state index contributed by atoms with van der Waals surface area (Å²) < 4.78 is 5.48. The van der Waals surface area contributed by atoms with Crippen molar-refractivity contribution < 1.29 is 24.0 Å². The summed E-state index contributed by atoms with van der Waals surface area (Å²) in [5, 5.41) is 0.873. The molecule has 3 amide bonds. The quantitative estimate of drug-likeness (QED) is 0.461. The molecule has 1 spiro atoms. The molecule has 0 aromatic heterocycles. The fourth-order valence-corrected chi connectivity index (χ4v) is 4.46. The zero-order chi connectivity index (χ0) is 21.5. The molecule has 0 saturated carbocycles. The van der Waals surface area contributed by atoms with E-state index in [0.717, 1.165) is 50.6 Å². The molecule has 0 aliphatic carbocycles. The van der Waals surface area contributed by atoms with E-state index in [1.807, 2.05) is 25.7 Å². The van der Waals surface area contributed by atoms with E-state index >= 15 is 0 Å². The van der Waals surface area contributed by atoms with Gasteiger partial charge in [-0.3, -0.25) is 14.4 Å². The fraction of sp³-hybridized carbons (Fsp3) is 0.591. The van der Waals surface area contributed by atoms with Crippen LogP contribution in [0.15, 0.2) is 24.3 Å². The van der Waals surface area contributed by atoms with E-state index in [-0.39, 0.29) is 28.5 Å². The van der Waals surface area contributed by atoms with Crippen molar-refractivity contribution >= 4 is 34.9 Å². The largest absolute Gasteiger partial charge is 0.444 e. The van der Waals surface area contributed by atoms with Crippen molar-refractivity contribution in [3.63, 3.8) is 0 Å². The van der Waals surface area contributed by atoms with Crippen LogP contribution < -0.4 is 0 Å². The molecule has 2 saturated heterocycles. The molecule has 1 aromatic carbocycles. The molecule has 0 radical (unpaired) electrons. The van der Waals surface area contributed by atoms with Crippen LogP contribution in [-0.2, 0) is 9.57 Å². The van der Waals surface area contributed by atoms with Crippen molar-refractivity contribution in [2.75, 3.05) is 39.3 Å². The number of likely N-dealkylation sites (tertiary alicyclic amines) is 2. The number of hydroxylamine groups is 2. The highest BCUT2D eigenvalue weighted by molar-refractivity contribution is 8.93. The van der Waals surface area contributed by atoms with Gasteiger partial charge < -0.3 is 14.5 Å². The molecule has 3 aliphatic rings. The van der Waals surface area contributed by atoms with Gasteiger partial charge >= 0.3 is 6.09 Å². The van der Waals surface area contributed by atoms with Gasteiger partial charge in [-0.1, -0.05) is 12.1 Å². The Morgan fingerprint density at radius 2 is 1.68 bits per heavy atom. The molecule has 3 aliphatic heterocycles. The number of fused-ring (bicyclic) bond motifs is 1. The lowest BCUT2D eigenvalue weighted by atomic mass is 9.79. The first-order chi connectivity index (χ1) is 14.2. The minimum absolute atomic E-state index is 0. The predicted octanol–water partition coefficient (Wildman–Crippen LogP) is 3.13. The van der Waals surface area contributed by atoms with Crippen LogP contribution in [0.4, 0.5) is 4.79 Å². The topological polar surface area (TPSA) is 79.4 Å². The molecule has 0 atom stereocenters. The number of carbonyl (C=O) groups is 3. The molecular formula is C22H30BrN3O5. The Labute approximate surface area is 193 Å². The first-order valence-corrected chi connectivity index (χ1v) is 10.5. The number of hydrogen-bond acceptors (Lipinski definition) is 6. The summed E-state index contributed by atoms with van der Waals surface area (Å²) >= 11 is 0. The number of nitrogens with zero attached hydrogens (tertiary/aromatic N) is 3. The summed E-state index contributed by atoms with van der Waals surface area (Å²) in [5.74, 6) is -0.793. The lowest BCUT2D eigenvalue weighted by molar-refractivity contribution is -0.0959. The molecule has 3 heterocycles. The molecule has 4 rings (SSSR count). The first-order valence-electron chi connectivity index (χ1n) is 10.5. The Morgan fingerprint density at radius 1 is 1.06 bits per heavy atom. The summed E-state index contributed by atoms with van der Waals surface area (Å²) in [5.41, 5.74) is 0.476. The molecule has 0 bridgehead atoms. The lowest BCUT2D eigenvalue weighted by Crippen LogP contribution is -2.58. The number of carbonyl (C=O) groups excluding carboxylic acids is 3. The third-order valence-electron chi connectivity index (χ3n) is 5.80. The van der Waals surface area contributed by atoms with E-state index in [9.17, 15) is 14.4 Å². The molecule has 170 valence electrons. The predicted molar refractivity (Wildman–Crippen MR) is 119 cm³/mol. The number of ether oxygens (including phenoxy) is 1. The molecule has 0 unspecified atom stereocenters. The number of halogens is 1. The van der Waals surface area contributed by atoms with Gasteiger partial charge in [0, 0.05) is 38.1 Å². The minimum Gasteiger partial charge on any atom is -0.444 e. The van der Waals surface area contributed by atoms with E-state index in [4.69, 9.17) is 9.57 Å². The summed E-state index contributed by atoms with van der Waals surface area (Å²) in [6, 6.07) is 6.75. The van der Waals surface area contributed by atoms with Gasteiger partial charge in [0.25, 0.3) is 11.8 Å². The Morgan fingerprint density at radius 3 is 2.26 bits per heavy atom. The zero-order valence-corrected chi connectivity index (χ0v) is 20.0. The SMILES string of the molecule is Br.CC(C)(C)OC(=O)N1CCC2(CN(CCCON3C(=O)c4ccccc4C3=O)C2)C1. The van der Waals surface area contributed by atoms with Crippen LogP contribution >= 0.6 is 17.0 Å². The van der Waals surface area contributed by atoms with Gasteiger partial charge in [-0.15, -0.1) is 22.0 Å². The highest BCUT2D eigenvalue weighted by Gasteiger charge is 2.49. The number of amides is 3. The highest BCUT2D eigenvalue weighted by Crippen LogP contribution is 2.40. The van der Waals surface area contributed by atoms with Crippen molar-refractivity contribution in [3.8, 4) is 0 Å². The van der Waals surface area contributed by atoms with Crippen LogP contribution in [0.5, 0.6) is 0 Å². The third-order valence-corrected chi connectivity index (χ3v) is 5.80. The van der Waals surface area contributed by atoms with Crippen molar-refractivity contribution in [2.45, 2.75) is 39.2 Å². The summed E-state index contributed by atoms with van der Waals surface area (Å²) in [4.78, 5) is 46.4. The minimum atomic E-state index is -0.474. The molecule has 0 N–H and O–H groups in total. The van der Waals surface area contributed by atoms with Gasteiger partial charge in [0.15, 0.2) is 0 Å². The molecule has 9 heteroatoms. The average Bonchev–Trinajstić information content (AvgIpc) is 3.19. The number of rotatable bonds is 5. The Hall–Kier alpha value is -1.97. The van der Waals surface area contributed by atoms with Gasteiger partial charge in [-0.05, 0) is 45.7 Å². The summed E-state index contributed by atoms with van der Waals surface area (Å²) in [6.07, 6.45) is 1.49. The highest BCUT2D eigenvalue weighted by atomic mass is 79.9. The maximum atomic E-state index is 12.3. The monoisotopic (exact) mass is 495 g/mol. The molecule has 31 heavy (non-hydrogen) atoms. The van der Waals surface area contributed by atoms with E-state index in [1.54, 1.807) is 24.3 Å². The summed E-state index contributed by atoms with van der Waals surface area (Å²) in [6.45, 7) is 10.1. The fourth-order valence-electron chi connectivity index (χ4n) is 4.46. The number of benzene rings is 1. The smallest absolute Gasteiger partial charge is 0.410 e. The van der Waals surface area contributed by atoms with E-state index in [2.05, 4.69) is 4.90 Å². The second-order valence-corrected chi connectivity index (χ2v) is 9.50. The third kappa shape index (κ3) is 4.94. The van der Waals surface area contributed by atoms with Gasteiger partial charge in [-0.25, -0.2) is 4.79 Å². The van der Waals surface area contributed by atoms with Gasteiger partial charge in [0.1, 0.15) is 5.60 Å². The van der Waals surface area contributed by atoms with Crippen molar-refractivity contribution in [1.82, 2.24) is 14.9 Å². The average molecular weight is 496 g/mol. The first kappa shape index (κ1) is 23.7. The van der Waals surface area contributed by atoms with Gasteiger partial charge in [0.2, 0.25) is 0 Å². The second-order valence-electron chi connectivity index (χ2n) is 9.50. The van der Waals surface area contributed by atoms with Crippen LogP contribution in [0, 0.1) is 5.41 Å². The maximum Gasteiger partial charge on any atom is 0.410 e. The van der Waals surface area contributed by atoms with Crippen LogP contribution in [0.3, 0.4) is 0 Å². The van der Waals surface area contributed by atoms with Crippen molar-refractivity contribution in [1.29, 1.82) is 0 Å². The van der Waals surface area contributed by atoms with Gasteiger partial charge in [-0.2, -0.15) is 0 Å². The van der Waals surface area contributed by atoms with Gasteiger partial charge in [0.05, 0.1) is 17.7 Å². The maximum absolute atomic E-state index is 12.3. The number of imide groups is 1. The Bertz CT molecular complexity index is 828. The van der Waals surface area contributed by atoms with E-state index in [1.165, 1.54) is 0 Å². The lowest BCUT2D eigenvalue weighted by Gasteiger charge is -2.48. The van der Waals surface area contributed by atoms with Crippen LogP contribution in [-0.4, -0.2) is 77.7 Å². The zero-order valence-electron chi connectivity index (χ0n) is 18.3. The molecule has 8 nitrogen and oxygen atoms in total. The van der Waals surface area contributed by atoms with E-state index in [0.29, 0.717) is 17.7 Å². The summed E-state index contributed by atoms with van der Waals surface area (Å²) in [7, 11) is 0. The van der Waals surface area contributed by atoms with Crippen LogP contribution in [0.1, 0.15) is 54.3 Å². The normalized spacial score (nSPS) is 20.0. The van der Waals surface area contributed by atoms with Crippen molar-refractivity contribution in [3.05, 3.63) is 35.4 Å². The van der Waals surface area contributed by atoms with Crippen LogP contribution in [0.2, 0.25) is 0 Å². The molecule has 1 aromatic rings. The second kappa shape index (κ2) is 8.88. The van der Waals surface area contributed by atoms with Crippen molar-refractivity contribution in [2.24, 2.45) is 5.41 Å².